The zero-order chi connectivity index (χ0) is 13.4. The molecule has 0 saturated carbocycles. The van der Waals surface area contributed by atoms with Gasteiger partial charge < -0.3 is 14.5 Å². The fourth-order valence-electron chi connectivity index (χ4n) is 1.59. The maximum atomic E-state index is 5.57. The Kier molecular flexibility index (Phi) is 7.06. The molecule has 0 unspecified atom stereocenters. The van der Waals surface area contributed by atoms with Crippen LogP contribution in [0.15, 0.2) is 16.7 Å². The molecule has 0 saturated heterocycles. The van der Waals surface area contributed by atoms with Gasteiger partial charge in [0.05, 0.1) is 6.26 Å². The quantitative estimate of drug-likeness (QED) is 0.683. The van der Waals surface area contributed by atoms with Gasteiger partial charge in [0.25, 0.3) is 0 Å². The molecule has 0 radical (unpaired) electrons. The summed E-state index contributed by atoms with van der Waals surface area (Å²) in [5.41, 5.74) is 1.19. The third-order valence-electron chi connectivity index (χ3n) is 2.67. The van der Waals surface area contributed by atoms with E-state index >= 15 is 0 Å². The Labute approximate surface area is 111 Å². The molecule has 0 aromatic carbocycles. The largest absolute Gasteiger partial charge is 0.467 e. The van der Waals surface area contributed by atoms with Crippen LogP contribution in [0.2, 0.25) is 0 Å². The van der Waals surface area contributed by atoms with Gasteiger partial charge in [0.15, 0.2) is 0 Å². The summed E-state index contributed by atoms with van der Waals surface area (Å²) in [6.07, 6.45) is 2.91. The van der Waals surface area contributed by atoms with E-state index in [1.54, 1.807) is 0 Å². The van der Waals surface area contributed by atoms with Gasteiger partial charge in [0.2, 0.25) is 0 Å². The Morgan fingerprint density at radius 2 is 2.00 bits per heavy atom. The molecule has 0 fully saturated rings. The number of hydrogen-bond donors (Lipinski definition) is 1. The van der Waals surface area contributed by atoms with E-state index in [-0.39, 0.29) is 0 Å². The van der Waals surface area contributed by atoms with Crippen molar-refractivity contribution in [3.8, 4) is 0 Å². The Hall–Kier alpha value is -0.800. The van der Waals surface area contributed by atoms with Crippen molar-refractivity contribution in [3.63, 3.8) is 0 Å². The average Bonchev–Trinajstić information content (AvgIpc) is 2.72. The van der Waals surface area contributed by atoms with Crippen LogP contribution in [-0.4, -0.2) is 13.2 Å². The Bertz CT molecular complexity index is 318. The van der Waals surface area contributed by atoms with E-state index in [9.17, 15) is 0 Å². The molecule has 1 aromatic rings. The molecule has 0 atom stereocenters. The Morgan fingerprint density at radius 1 is 1.22 bits per heavy atom. The van der Waals surface area contributed by atoms with E-state index in [1.807, 2.05) is 6.26 Å². The van der Waals surface area contributed by atoms with Crippen molar-refractivity contribution in [2.45, 2.75) is 47.3 Å². The highest BCUT2D eigenvalue weighted by Crippen LogP contribution is 2.10. The van der Waals surface area contributed by atoms with E-state index in [2.05, 4.69) is 39.1 Å². The molecular weight excluding hydrogens is 226 g/mol. The molecule has 0 aliphatic heterocycles. The minimum absolute atomic E-state index is 0.580. The van der Waals surface area contributed by atoms with E-state index in [4.69, 9.17) is 9.15 Å². The maximum Gasteiger partial charge on any atom is 0.129 e. The zero-order valence-corrected chi connectivity index (χ0v) is 12.2. The smallest absolute Gasteiger partial charge is 0.129 e. The highest BCUT2D eigenvalue weighted by atomic mass is 16.5. The molecule has 1 heterocycles. The second kappa shape index (κ2) is 8.33. The molecule has 1 N–H and O–H groups in total. The molecule has 0 amide bonds. The predicted octanol–water partition coefficient (Wildman–Crippen LogP) is 3.59. The molecule has 3 nitrogen and oxygen atoms in total. The minimum Gasteiger partial charge on any atom is -0.467 e. The lowest BCUT2D eigenvalue weighted by atomic mass is 10.1. The van der Waals surface area contributed by atoms with Crippen molar-refractivity contribution in [1.82, 2.24) is 5.32 Å². The second-order valence-electron chi connectivity index (χ2n) is 5.68. The molecule has 0 spiro atoms. The standard InChI is InChI=1S/C15H27NO2/c1-12(2)5-6-17-11-15-7-14(10-18-15)9-16-8-13(3)4/h7,10,12-13,16H,5-6,8-9,11H2,1-4H3. The van der Waals surface area contributed by atoms with Crippen LogP contribution in [0.4, 0.5) is 0 Å². The van der Waals surface area contributed by atoms with Gasteiger partial charge in [-0.3, -0.25) is 0 Å². The first-order valence-electron chi connectivity index (χ1n) is 6.92. The maximum absolute atomic E-state index is 5.57. The first-order chi connectivity index (χ1) is 8.58. The molecule has 1 rings (SSSR count). The molecule has 104 valence electrons. The lowest BCUT2D eigenvalue weighted by Crippen LogP contribution is -2.18. The number of nitrogens with one attached hydrogen (secondary N) is 1. The molecular formula is C15H27NO2. The highest BCUT2D eigenvalue weighted by molar-refractivity contribution is 5.11. The topological polar surface area (TPSA) is 34.4 Å². The van der Waals surface area contributed by atoms with Crippen molar-refractivity contribution in [1.29, 1.82) is 0 Å². The Balaban J connectivity index is 2.17. The summed E-state index contributed by atoms with van der Waals surface area (Å²) in [5, 5.41) is 3.40. The summed E-state index contributed by atoms with van der Waals surface area (Å²) < 4.78 is 11.0. The van der Waals surface area contributed by atoms with Crippen LogP contribution in [0.25, 0.3) is 0 Å². The van der Waals surface area contributed by atoms with Gasteiger partial charge in [-0.2, -0.15) is 0 Å². The SMILES string of the molecule is CC(C)CCOCc1cc(CNCC(C)C)co1. The van der Waals surface area contributed by atoms with Gasteiger partial charge in [-0.15, -0.1) is 0 Å². The van der Waals surface area contributed by atoms with Crippen molar-refractivity contribution in [2.24, 2.45) is 11.8 Å². The monoisotopic (exact) mass is 253 g/mol. The lowest BCUT2D eigenvalue weighted by molar-refractivity contribution is 0.0970. The number of furan rings is 1. The van der Waals surface area contributed by atoms with Crippen LogP contribution in [-0.2, 0) is 17.9 Å². The normalized spacial score (nSPS) is 11.7. The lowest BCUT2D eigenvalue weighted by Gasteiger charge is -2.05. The van der Waals surface area contributed by atoms with Crippen LogP contribution in [0.3, 0.4) is 0 Å². The molecule has 0 bridgehead atoms. The van der Waals surface area contributed by atoms with Crippen molar-refractivity contribution in [3.05, 3.63) is 23.7 Å². The summed E-state index contributed by atoms with van der Waals surface area (Å²) in [4.78, 5) is 0. The van der Waals surface area contributed by atoms with E-state index in [1.165, 1.54) is 5.56 Å². The number of ether oxygens (including phenoxy) is 1. The van der Waals surface area contributed by atoms with Gasteiger partial charge in [-0.1, -0.05) is 27.7 Å². The summed E-state index contributed by atoms with van der Waals surface area (Å²) in [6.45, 7) is 12.1. The van der Waals surface area contributed by atoms with E-state index < -0.39 is 0 Å². The molecule has 3 heteroatoms. The first kappa shape index (κ1) is 15.3. The molecule has 0 aliphatic rings. The summed E-state index contributed by atoms with van der Waals surface area (Å²) in [5.74, 6) is 2.29. The number of hydrogen-bond acceptors (Lipinski definition) is 3. The summed E-state index contributed by atoms with van der Waals surface area (Å²) in [6, 6.07) is 2.07. The van der Waals surface area contributed by atoms with Crippen LogP contribution in [0.5, 0.6) is 0 Å². The zero-order valence-electron chi connectivity index (χ0n) is 12.2. The van der Waals surface area contributed by atoms with E-state index in [0.717, 1.165) is 31.9 Å². The van der Waals surface area contributed by atoms with Crippen LogP contribution < -0.4 is 5.32 Å². The van der Waals surface area contributed by atoms with Crippen LogP contribution >= 0.6 is 0 Å². The first-order valence-corrected chi connectivity index (χ1v) is 6.92. The molecule has 18 heavy (non-hydrogen) atoms. The Morgan fingerprint density at radius 3 is 2.67 bits per heavy atom. The fourth-order valence-corrected chi connectivity index (χ4v) is 1.59. The van der Waals surface area contributed by atoms with Gasteiger partial charge in [-0.05, 0) is 30.9 Å². The third kappa shape index (κ3) is 6.82. The molecule has 1 aromatic heterocycles. The van der Waals surface area contributed by atoms with Crippen LogP contribution in [0, 0.1) is 11.8 Å². The van der Waals surface area contributed by atoms with Gasteiger partial charge in [0, 0.05) is 18.7 Å². The summed E-state index contributed by atoms with van der Waals surface area (Å²) in [7, 11) is 0. The third-order valence-corrected chi connectivity index (χ3v) is 2.67. The average molecular weight is 253 g/mol. The van der Waals surface area contributed by atoms with Crippen molar-refractivity contribution < 1.29 is 9.15 Å². The minimum atomic E-state index is 0.580. The fraction of sp³-hybridized carbons (Fsp3) is 0.733. The number of rotatable bonds is 9. The van der Waals surface area contributed by atoms with Crippen molar-refractivity contribution >= 4 is 0 Å². The molecule has 0 aliphatic carbocycles. The highest BCUT2D eigenvalue weighted by Gasteiger charge is 2.03. The van der Waals surface area contributed by atoms with Gasteiger partial charge in [0.1, 0.15) is 12.4 Å². The predicted molar refractivity (Wildman–Crippen MR) is 74.4 cm³/mol. The van der Waals surface area contributed by atoms with E-state index in [0.29, 0.717) is 18.4 Å². The van der Waals surface area contributed by atoms with Gasteiger partial charge in [-0.25, -0.2) is 0 Å². The van der Waals surface area contributed by atoms with Gasteiger partial charge >= 0.3 is 0 Å². The van der Waals surface area contributed by atoms with Crippen molar-refractivity contribution in [2.75, 3.05) is 13.2 Å². The second-order valence-corrected chi connectivity index (χ2v) is 5.68. The van der Waals surface area contributed by atoms with Crippen LogP contribution in [0.1, 0.15) is 45.4 Å². The summed E-state index contributed by atoms with van der Waals surface area (Å²) >= 11 is 0.